The van der Waals surface area contributed by atoms with Crippen molar-refractivity contribution in [2.75, 3.05) is 20.7 Å². The first kappa shape index (κ1) is 11.6. The summed E-state index contributed by atoms with van der Waals surface area (Å²) < 4.78 is 6.70. The van der Waals surface area contributed by atoms with Gasteiger partial charge in [-0.15, -0.1) is 0 Å². The standard InChI is InChI=1S/C12H15N3O2/c1-13-5-6-15-8-14-11-7-9(17-2)3-4-10(11)12(15)16/h3-4,7-8,13H,5-6H2,1-2H3. The zero-order valence-electron chi connectivity index (χ0n) is 9.93. The molecule has 0 unspecified atom stereocenters. The second-order valence-corrected chi connectivity index (χ2v) is 3.73. The number of hydrogen-bond acceptors (Lipinski definition) is 4. The number of likely N-dealkylation sites (N-methyl/N-ethyl adjacent to an activating group) is 1. The van der Waals surface area contributed by atoms with E-state index in [1.807, 2.05) is 7.05 Å². The summed E-state index contributed by atoms with van der Waals surface area (Å²) in [7, 11) is 3.44. The fraction of sp³-hybridized carbons (Fsp3) is 0.333. The highest BCUT2D eigenvalue weighted by molar-refractivity contribution is 5.78. The van der Waals surface area contributed by atoms with Crippen molar-refractivity contribution in [2.24, 2.45) is 0 Å². The van der Waals surface area contributed by atoms with Crippen LogP contribution in [0.1, 0.15) is 0 Å². The normalized spacial score (nSPS) is 10.7. The molecular weight excluding hydrogens is 218 g/mol. The summed E-state index contributed by atoms with van der Waals surface area (Å²) in [6.07, 6.45) is 1.57. The molecule has 90 valence electrons. The molecule has 0 aliphatic heterocycles. The van der Waals surface area contributed by atoms with Crippen molar-refractivity contribution in [2.45, 2.75) is 6.54 Å². The van der Waals surface area contributed by atoms with Crippen molar-refractivity contribution in [1.29, 1.82) is 0 Å². The Morgan fingerprint density at radius 2 is 2.29 bits per heavy atom. The Morgan fingerprint density at radius 1 is 1.47 bits per heavy atom. The topological polar surface area (TPSA) is 56.1 Å². The highest BCUT2D eigenvalue weighted by Crippen LogP contribution is 2.15. The van der Waals surface area contributed by atoms with Gasteiger partial charge in [0.25, 0.3) is 5.56 Å². The molecule has 0 aliphatic carbocycles. The number of fused-ring (bicyclic) bond motifs is 1. The van der Waals surface area contributed by atoms with Crippen LogP contribution in [0.5, 0.6) is 5.75 Å². The average Bonchev–Trinajstić information content (AvgIpc) is 2.37. The second-order valence-electron chi connectivity index (χ2n) is 3.73. The van der Waals surface area contributed by atoms with Crippen LogP contribution in [0.15, 0.2) is 29.3 Å². The Kier molecular flexibility index (Phi) is 3.39. The molecule has 5 heteroatoms. The van der Waals surface area contributed by atoms with Gasteiger partial charge in [-0.3, -0.25) is 9.36 Å². The SMILES string of the molecule is CNCCn1cnc2cc(OC)ccc2c1=O. The molecule has 2 aromatic rings. The minimum Gasteiger partial charge on any atom is -0.497 e. The van der Waals surface area contributed by atoms with E-state index in [2.05, 4.69) is 10.3 Å². The monoisotopic (exact) mass is 233 g/mol. The summed E-state index contributed by atoms with van der Waals surface area (Å²) in [5.74, 6) is 0.706. The lowest BCUT2D eigenvalue weighted by Gasteiger charge is -2.06. The molecular formula is C12H15N3O2. The largest absolute Gasteiger partial charge is 0.497 e. The number of rotatable bonds is 4. The van der Waals surface area contributed by atoms with Gasteiger partial charge in [0, 0.05) is 19.2 Å². The summed E-state index contributed by atoms with van der Waals surface area (Å²) in [5.41, 5.74) is 0.642. The Morgan fingerprint density at radius 3 is 3.00 bits per heavy atom. The van der Waals surface area contributed by atoms with Gasteiger partial charge in [0.05, 0.1) is 24.3 Å². The predicted octanol–water partition coefficient (Wildman–Crippen LogP) is 0.624. The molecule has 1 N–H and O–H groups in total. The van der Waals surface area contributed by atoms with Crippen LogP contribution < -0.4 is 15.6 Å². The molecule has 0 fully saturated rings. The van der Waals surface area contributed by atoms with Crippen molar-refractivity contribution in [3.63, 3.8) is 0 Å². The Bertz CT molecular complexity index is 577. The fourth-order valence-corrected chi connectivity index (χ4v) is 1.66. The van der Waals surface area contributed by atoms with Gasteiger partial charge >= 0.3 is 0 Å². The van der Waals surface area contributed by atoms with E-state index in [4.69, 9.17) is 4.74 Å². The maximum Gasteiger partial charge on any atom is 0.261 e. The van der Waals surface area contributed by atoms with Gasteiger partial charge in [0.2, 0.25) is 0 Å². The van der Waals surface area contributed by atoms with Gasteiger partial charge in [-0.1, -0.05) is 0 Å². The molecule has 1 aromatic carbocycles. The van der Waals surface area contributed by atoms with Crippen molar-refractivity contribution in [3.8, 4) is 5.75 Å². The highest BCUT2D eigenvalue weighted by Gasteiger charge is 2.04. The van der Waals surface area contributed by atoms with Crippen molar-refractivity contribution >= 4 is 10.9 Å². The predicted molar refractivity (Wildman–Crippen MR) is 66.5 cm³/mol. The number of ether oxygens (including phenoxy) is 1. The molecule has 17 heavy (non-hydrogen) atoms. The van der Waals surface area contributed by atoms with Gasteiger partial charge in [0.1, 0.15) is 5.75 Å². The number of nitrogens with zero attached hydrogens (tertiary/aromatic N) is 2. The summed E-state index contributed by atoms with van der Waals surface area (Å²) >= 11 is 0. The maximum absolute atomic E-state index is 12.1. The third kappa shape index (κ3) is 2.29. The zero-order chi connectivity index (χ0) is 12.3. The smallest absolute Gasteiger partial charge is 0.261 e. The van der Waals surface area contributed by atoms with E-state index in [1.54, 1.807) is 36.2 Å². The molecule has 0 bridgehead atoms. The molecule has 1 aromatic heterocycles. The van der Waals surface area contributed by atoms with Gasteiger partial charge < -0.3 is 10.1 Å². The molecule has 2 rings (SSSR count). The number of hydrogen-bond donors (Lipinski definition) is 1. The summed E-state index contributed by atoms with van der Waals surface area (Å²) in [6.45, 7) is 1.35. The van der Waals surface area contributed by atoms with E-state index in [0.717, 1.165) is 6.54 Å². The van der Waals surface area contributed by atoms with Crippen molar-refractivity contribution in [3.05, 3.63) is 34.9 Å². The van der Waals surface area contributed by atoms with Crippen LogP contribution in [-0.2, 0) is 6.54 Å². The average molecular weight is 233 g/mol. The van der Waals surface area contributed by atoms with Crippen LogP contribution in [0.2, 0.25) is 0 Å². The Balaban J connectivity index is 2.49. The number of benzene rings is 1. The first-order chi connectivity index (χ1) is 8.26. The van der Waals surface area contributed by atoms with Crippen LogP contribution in [0.3, 0.4) is 0 Å². The van der Waals surface area contributed by atoms with Crippen LogP contribution in [-0.4, -0.2) is 30.3 Å². The van der Waals surface area contributed by atoms with E-state index >= 15 is 0 Å². The van der Waals surface area contributed by atoms with Crippen LogP contribution >= 0.6 is 0 Å². The number of aromatic nitrogens is 2. The second kappa shape index (κ2) is 4.97. The van der Waals surface area contributed by atoms with Crippen molar-refractivity contribution < 1.29 is 4.74 Å². The van der Waals surface area contributed by atoms with Gasteiger partial charge in [-0.05, 0) is 19.2 Å². The van der Waals surface area contributed by atoms with Gasteiger partial charge in [-0.2, -0.15) is 0 Å². The Labute approximate surface area is 99.0 Å². The third-order valence-corrected chi connectivity index (χ3v) is 2.64. The molecule has 1 heterocycles. The van der Waals surface area contributed by atoms with E-state index in [0.29, 0.717) is 23.2 Å². The number of nitrogens with one attached hydrogen (secondary N) is 1. The molecule has 5 nitrogen and oxygen atoms in total. The molecule has 0 aliphatic rings. The molecule has 0 spiro atoms. The van der Waals surface area contributed by atoms with E-state index in [-0.39, 0.29) is 5.56 Å². The molecule has 0 amide bonds. The zero-order valence-corrected chi connectivity index (χ0v) is 9.93. The maximum atomic E-state index is 12.1. The fourth-order valence-electron chi connectivity index (χ4n) is 1.66. The first-order valence-electron chi connectivity index (χ1n) is 5.44. The lowest BCUT2D eigenvalue weighted by molar-refractivity contribution is 0.415. The minimum atomic E-state index is -0.0205. The van der Waals surface area contributed by atoms with E-state index in [9.17, 15) is 4.79 Å². The Hall–Kier alpha value is -1.88. The molecule has 0 atom stereocenters. The lowest BCUT2D eigenvalue weighted by atomic mass is 10.2. The van der Waals surface area contributed by atoms with E-state index in [1.165, 1.54) is 0 Å². The molecule has 0 saturated heterocycles. The molecule has 0 radical (unpaired) electrons. The van der Waals surface area contributed by atoms with Gasteiger partial charge in [0.15, 0.2) is 0 Å². The van der Waals surface area contributed by atoms with Crippen molar-refractivity contribution in [1.82, 2.24) is 14.9 Å². The van der Waals surface area contributed by atoms with Gasteiger partial charge in [-0.25, -0.2) is 4.98 Å². The summed E-state index contributed by atoms with van der Waals surface area (Å²) in [5, 5.41) is 3.62. The lowest BCUT2D eigenvalue weighted by Crippen LogP contribution is -2.25. The summed E-state index contributed by atoms with van der Waals surface area (Å²) in [4.78, 5) is 16.3. The summed E-state index contributed by atoms with van der Waals surface area (Å²) in [6, 6.07) is 5.28. The van der Waals surface area contributed by atoms with Crippen LogP contribution in [0.4, 0.5) is 0 Å². The van der Waals surface area contributed by atoms with Crippen LogP contribution in [0, 0.1) is 0 Å². The van der Waals surface area contributed by atoms with Crippen LogP contribution in [0.25, 0.3) is 10.9 Å². The number of methoxy groups -OCH3 is 1. The molecule has 0 saturated carbocycles. The van der Waals surface area contributed by atoms with E-state index < -0.39 is 0 Å². The minimum absolute atomic E-state index is 0.0205. The third-order valence-electron chi connectivity index (χ3n) is 2.64. The quantitative estimate of drug-likeness (QED) is 0.841. The first-order valence-corrected chi connectivity index (χ1v) is 5.44. The highest BCUT2D eigenvalue weighted by atomic mass is 16.5.